The second-order valence-corrected chi connectivity index (χ2v) is 4.28. The third-order valence-corrected chi connectivity index (χ3v) is 2.68. The van der Waals surface area contributed by atoms with E-state index in [4.69, 9.17) is 5.11 Å². The zero-order chi connectivity index (χ0) is 11.7. The molecule has 0 radical (unpaired) electrons. The lowest BCUT2D eigenvalue weighted by Crippen LogP contribution is -2.26. The Morgan fingerprint density at radius 2 is 2.31 bits per heavy atom. The average Bonchev–Trinajstić information content (AvgIpc) is 2.58. The van der Waals surface area contributed by atoms with Gasteiger partial charge in [-0.1, -0.05) is 6.07 Å². The highest BCUT2D eigenvalue weighted by molar-refractivity contribution is 7.81. The molecule has 84 valence electrons. The number of aromatic nitrogens is 1. The van der Waals surface area contributed by atoms with Gasteiger partial charge in [-0.25, -0.2) is 9.78 Å². The molecule has 2 heterocycles. The highest BCUT2D eigenvalue weighted by Gasteiger charge is 2.29. The van der Waals surface area contributed by atoms with Gasteiger partial charge in [0, 0.05) is 18.2 Å². The first-order valence-electron chi connectivity index (χ1n) is 4.76. The van der Waals surface area contributed by atoms with Gasteiger partial charge in [0.25, 0.3) is 0 Å². The summed E-state index contributed by atoms with van der Waals surface area (Å²) in [6, 6.07) is 4.59. The Hall–Kier alpha value is -1.56. The van der Waals surface area contributed by atoms with Crippen LogP contribution in [0.15, 0.2) is 18.2 Å². The number of anilines is 1. The smallest absolute Gasteiger partial charge is 0.354 e. The standard InChI is InChI=1S/C10H10N2O3S/c13-9-4-6(16)5-12(9)8-3-1-2-7(11-8)10(14)15/h1-3,6,16H,4-5H2,(H,14,15). The zero-order valence-electron chi connectivity index (χ0n) is 8.33. The van der Waals surface area contributed by atoms with Crippen molar-refractivity contribution in [2.45, 2.75) is 11.7 Å². The molecule has 1 aromatic rings. The molecule has 1 N–H and O–H groups in total. The predicted octanol–water partition coefficient (Wildman–Crippen LogP) is 0.815. The minimum Gasteiger partial charge on any atom is -0.477 e. The van der Waals surface area contributed by atoms with Crippen molar-refractivity contribution in [1.82, 2.24) is 4.98 Å². The zero-order valence-corrected chi connectivity index (χ0v) is 9.22. The number of hydrogen-bond acceptors (Lipinski definition) is 4. The van der Waals surface area contributed by atoms with Gasteiger partial charge in [0.15, 0.2) is 5.69 Å². The molecule has 1 fully saturated rings. The van der Waals surface area contributed by atoms with Gasteiger partial charge < -0.3 is 5.11 Å². The third-order valence-electron chi connectivity index (χ3n) is 2.33. The number of carboxylic acid groups (broad SMARTS) is 1. The summed E-state index contributed by atoms with van der Waals surface area (Å²) in [7, 11) is 0. The Balaban J connectivity index is 2.30. The molecule has 1 aromatic heterocycles. The van der Waals surface area contributed by atoms with E-state index in [1.807, 2.05) is 0 Å². The molecule has 1 aliphatic heterocycles. The highest BCUT2D eigenvalue weighted by atomic mass is 32.1. The molecule has 0 saturated carbocycles. The number of aromatic carboxylic acids is 1. The quantitative estimate of drug-likeness (QED) is 0.748. The maximum atomic E-state index is 11.6. The van der Waals surface area contributed by atoms with E-state index in [2.05, 4.69) is 17.6 Å². The summed E-state index contributed by atoms with van der Waals surface area (Å²) in [5, 5.41) is 8.78. The van der Waals surface area contributed by atoms with Crippen LogP contribution in [0.1, 0.15) is 16.9 Å². The molecule has 6 heteroatoms. The number of amides is 1. The van der Waals surface area contributed by atoms with E-state index >= 15 is 0 Å². The molecule has 16 heavy (non-hydrogen) atoms. The maximum absolute atomic E-state index is 11.6. The number of carboxylic acids is 1. The molecule has 2 rings (SSSR count). The summed E-state index contributed by atoms with van der Waals surface area (Å²) in [6.45, 7) is 0.470. The SMILES string of the molecule is O=C(O)c1cccc(N2CC(S)CC2=O)n1. The predicted molar refractivity (Wildman–Crippen MR) is 60.9 cm³/mol. The fraction of sp³-hybridized carbons (Fsp3) is 0.300. The first kappa shape index (κ1) is 10.9. The summed E-state index contributed by atoms with van der Waals surface area (Å²) < 4.78 is 0. The van der Waals surface area contributed by atoms with Gasteiger partial charge in [-0.3, -0.25) is 9.69 Å². The normalized spacial score (nSPS) is 20.2. The topological polar surface area (TPSA) is 70.5 Å². The van der Waals surface area contributed by atoms with Crippen LogP contribution in [0.25, 0.3) is 0 Å². The summed E-state index contributed by atoms with van der Waals surface area (Å²) in [6.07, 6.45) is 0.363. The van der Waals surface area contributed by atoms with Gasteiger partial charge >= 0.3 is 5.97 Å². The van der Waals surface area contributed by atoms with Gasteiger partial charge in [-0.15, -0.1) is 0 Å². The number of pyridine rings is 1. The van der Waals surface area contributed by atoms with Crippen LogP contribution in [0.3, 0.4) is 0 Å². The summed E-state index contributed by atoms with van der Waals surface area (Å²) in [4.78, 5) is 27.7. The van der Waals surface area contributed by atoms with Crippen LogP contribution in [0.2, 0.25) is 0 Å². The van der Waals surface area contributed by atoms with Crippen molar-refractivity contribution in [2.24, 2.45) is 0 Å². The summed E-state index contributed by atoms with van der Waals surface area (Å²) >= 11 is 4.22. The molecule has 1 unspecified atom stereocenters. The van der Waals surface area contributed by atoms with E-state index in [-0.39, 0.29) is 16.9 Å². The van der Waals surface area contributed by atoms with Crippen molar-refractivity contribution in [2.75, 3.05) is 11.4 Å². The van der Waals surface area contributed by atoms with E-state index in [0.29, 0.717) is 18.8 Å². The number of nitrogens with zero attached hydrogens (tertiary/aromatic N) is 2. The third kappa shape index (κ3) is 2.01. The first-order chi connectivity index (χ1) is 7.58. The fourth-order valence-corrected chi connectivity index (χ4v) is 1.92. The van der Waals surface area contributed by atoms with Gasteiger partial charge in [-0.2, -0.15) is 12.6 Å². The lowest BCUT2D eigenvalue weighted by atomic mass is 10.3. The molecule has 1 saturated heterocycles. The van der Waals surface area contributed by atoms with E-state index in [0.717, 1.165) is 0 Å². The molecule has 0 aliphatic carbocycles. The lowest BCUT2D eigenvalue weighted by Gasteiger charge is -2.14. The van der Waals surface area contributed by atoms with Crippen LogP contribution < -0.4 is 4.90 Å². The number of carbonyl (C=O) groups excluding carboxylic acids is 1. The number of thiol groups is 1. The molecule has 1 aliphatic rings. The minimum atomic E-state index is -1.10. The Morgan fingerprint density at radius 3 is 2.88 bits per heavy atom. The van der Waals surface area contributed by atoms with Crippen molar-refractivity contribution in [3.8, 4) is 0 Å². The largest absolute Gasteiger partial charge is 0.477 e. The Kier molecular flexibility index (Phi) is 2.82. The van der Waals surface area contributed by atoms with Crippen molar-refractivity contribution in [3.05, 3.63) is 23.9 Å². The minimum absolute atomic E-state index is 0.0113. The van der Waals surface area contributed by atoms with Gasteiger partial charge in [-0.05, 0) is 12.1 Å². The molecular weight excluding hydrogens is 228 g/mol. The van der Waals surface area contributed by atoms with Crippen LogP contribution in [0, 0.1) is 0 Å². The van der Waals surface area contributed by atoms with Crippen LogP contribution in [-0.4, -0.2) is 33.8 Å². The van der Waals surface area contributed by atoms with Gasteiger partial charge in [0.1, 0.15) is 5.82 Å². The molecule has 0 spiro atoms. The van der Waals surface area contributed by atoms with Crippen molar-refractivity contribution < 1.29 is 14.7 Å². The molecule has 5 nitrogen and oxygen atoms in total. The number of rotatable bonds is 2. The van der Waals surface area contributed by atoms with Crippen LogP contribution >= 0.6 is 12.6 Å². The van der Waals surface area contributed by atoms with E-state index in [9.17, 15) is 9.59 Å². The van der Waals surface area contributed by atoms with Crippen molar-refractivity contribution in [3.63, 3.8) is 0 Å². The average molecular weight is 238 g/mol. The Bertz CT molecular complexity index is 449. The summed E-state index contributed by atoms with van der Waals surface area (Å²) in [5.41, 5.74) is -0.0621. The number of hydrogen-bond donors (Lipinski definition) is 2. The summed E-state index contributed by atoms with van der Waals surface area (Å²) in [5.74, 6) is -0.799. The van der Waals surface area contributed by atoms with Crippen LogP contribution in [0.5, 0.6) is 0 Å². The number of carbonyl (C=O) groups is 2. The van der Waals surface area contributed by atoms with E-state index in [1.165, 1.54) is 11.0 Å². The fourth-order valence-electron chi connectivity index (χ4n) is 1.60. The van der Waals surface area contributed by atoms with E-state index in [1.54, 1.807) is 12.1 Å². The first-order valence-corrected chi connectivity index (χ1v) is 5.28. The van der Waals surface area contributed by atoms with Gasteiger partial charge in [0.05, 0.1) is 0 Å². The van der Waals surface area contributed by atoms with Crippen LogP contribution in [0.4, 0.5) is 5.82 Å². The second kappa shape index (κ2) is 4.13. The maximum Gasteiger partial charge on any atom is 0.354 e. The highest BCUT2D eigenvalue weighted by Crippen LogP contribution is 2.22. The molecule has 0 aromatic carbocycles. The second-order valence-electron chi connectivity index (χ2n) is 3.55. The molecule has 1 atom stereocenters. The van der Waals surface area contributed by atoms with E-state index < -0.39 is 5.97 Å². The monoisotopic (exact) mass is 238 g/mol. The van der Waals surface area contributed by atoms with Crippen molar-refractivity contribution in [1.29, 1.82) is 0 Å². The Morgan fingerprint density at radius 1 is 1.56 bits per heavy atom. The Labute approximate surface area is 97.5 Å². The lowest BCUT2D eigenvalue weighted by molar-refractivity contribution is -0.117. The van der Waals surface area contributed by atoms with Crippen molar-refractivity contribution >= 4 is 30.3 Å². The molecule has 0 bridgehead atoms. The van der Waals surface area contributed by atoms with Crippen LogP contribution in [-0.2, 0) is 4.79 Å². The molecular formula is C10H10N2O3S. The van der Waals surface area contributed by atoms with Gasteiger partial charge in [0.2, 0.25) is 5.91 Å². The molecule has 1 amide bonds.